The Morgan fingerprint density at radius 3 is 2.89 bits per heavy atom. The van der Waals surface area contributed by atoms with Gasteiger partial charge in [-0.25, -0.2) is 4.79 Å². The van der Waals surface area contributed by atoms with E-state index >= 15 is 0 Å². The Balaban J connectivity index is 1.59. The Hall–Kier alpha value is -3.15. The summed E-state index contributed by atoms with van der Waals surface area (Å²) in [5.41, 5.74) is 3.64. The van der Waals surface area contributed by atoms with Gasteiger partial charge in [-0.2, -0.15) is 0 Å². The molecule has 3 aromatic rings. The van der Waals surface area contributed by atoms with E-state index in [2.05, 4.69) is 4.98 Å². The second-order valence-electron chi connectivity index (χ2n) is 7.62. The zero-order chi connectivity index (χ0) is 22.0. The van der Waals surface area contributed by atoms with E-state index in [0.29, 0.717) is 23.9 Å². The minimum atomic E-state index is -2.55. The van der Waals surface area contributed by atoms with E-state index in [0.717, 1.165) is 34.1 Å². The number of hydrogen-bond donors (Lipinski definition) is 0. The van der Waals surface area contributed by atoms with Crippen molar-refractivity contribution in [3.05, 3.63) is 64.2 Å². The van der Waals surface area contributed by atoms with E-state index in [1.54, 1.807) is 24.1 Å². The molecule has 3 heterocycles. The van der Waals surface area contributed by atoms with Gasteiger partial charge in [-0.1, -0.05) is 6.07 Å². The van der Waals surface area contributed by atoms with Crippen LogP contribution < -0.4 is 5.56 Å². The molecule has 1 aromatic carbocycles. The first-order chi connectivity index (χ1) is 14.7. The summed E-state index contributed by atoms with van der Waals surface area (Å²) >= 11 is 0. The first-order valence-corrected chi connectivity index (χ1v) is 9.23. The molecule has 0 bridgehead atoms. The lowest BCUT2D eigenvalue weighted by Gasteiger charge is -2.38. The van der Waals surface area contributed by atoms with Crippen LogP contribution in [0.2, 0.25) is 0 Å². The lowest BCUT2D eigenvalue weighted by molar-refractivity contribution is 0.160. The smallest absolute Gasteiger partial charge is 0.410 e. The Bertz CT molecular complexity index is 1280. The van der Waals surface area contributed by atoms with Crippen LogP contribution in [0.25, 0.3) is 22.0 Å². The van der Waals surface area contributed by atoms with E-state index in [4.69, 9.17) is 8.85 Å². The monoisotopic (exact) mass is 378 g/mol. The topological polar surface area (TPSA) is 64.4 Å². The van der Waals surface area contributed by atoms with Crippen molar-refractivity contribution < 1.29 is 13.6 Å². The van der Waals surface area contributed by atoms with Crippen molar-refractivity contribution in [1.82, 2.24) is 14.5 Å². The average Bonchev–Trinajstić information content (AvgIpc) is 3.00. The molecule has 6 nitrogen and oxygen atoms in total. The van der Waals surface area contributed by atoms with Crippen LogP contribution in [0.1, 0.15) is 21.7 Å². The highest BCUT2D eigenvalue weighted by Gasteiger charge is 2.47. The molecule has 0 radical (unpaired) electrons. The summed E-state index contributed by atoms with van der Waals surface area (Å²) in [6, 6.07) is 8.35. The molecule has 1 atom stereocenters. The van der Waals surface area contributed by atoms with Crippen molar-refractivity contribution in [1.29, 1.82) is 0 Å². The number of carbonyl (C=O) groups excluding carboxylic acids is 1. The molecular formula is C22H21N3O3. The Kier molecular flexibility index (Phi) is 2.95. The first kappa shape index (κ1) is 13.9. The third-order valence-electron chi connectivity index (χ3n) is 6.16. The summed E-state index contributed by atoms with van der Waals surface area (Å²) in [7, 11) is 1.78. The fraction of sp³-hybridized carbons (Fsp3) is 0.318. The molecule has 2 aromatic heterocycles. The fourth-order valence-corrected chi connectivity index (χ4v) is 4.43. The third kappa shape index (κ3) is 2.37. The molecule has 0 saturated carbocycles. The van der Waals surface area contributed by atoms with E-state index in [1.165, 1.54) is 11.6 Å². The van der Waals surface area contributed by atoms with Gasteiger partial charge in [0.25, 0.3) is 5.56 Å². The molecule has 1 aliphatic heterocycles. The van der Waals surface area contributed by atoms with Crippen LogP contribution in [0.4, 0.5) is 4.79 Å². The summed E-state index contributed by atoms with van der Waals surface area (Å²) in [4.78, 5) is 30.2. The molecular weight excluding hydrogens is 354 g/mol. The molecule has 1 aliphatic carbocycles. The number of ether oxygens (including phenoxy) is 1. The molecule has 1 fully saturated rings. The van der Waals surface area contributed by atoms with Crippen LogP contribution in [-0.4, -0.2) is 39.7 Å². The summed E-state index contributed by atoms with van der Waals surface area (Å²) < 4.78 is 29.2. The molecule has 5 rings (SSSR count). The number of carbonyl (C=O) groups is 1. The van der Waals surface area contributed by atoms with Gasteiger partial charge in [0.1, 0.15) is 6.61 Å². The summed E-state index contributed by atoms with van der Waals surface area (Å²) in [5.74, 6) is 0. The molecule has 2 aliphatic rings. The van der Waals surface area contributed by atoms with Crippen LogP contribution in [0.5, 0.6) is 0 Å². The van der Waals surface area contributed by atoms with Gasteiger partial charge in [0.05, 0.1) is 11.1 Å². The number of benzene rings is 1. The number of amides is 1. The zero-order valence-electron chi connectivity index (χ0n) is 18.4. The SMILES string of the molecule is [2H]C([2H])([2H])n1c(=O)ccc2cc(-c3cncc4c3CC[C@@]3(COC(=O)N3C)C4)ccc21. The number of cyclic esters (lactones) is 1. The summed E-state index contributed by atoms with van der Waals surface area (Å²) in [6.45, 7) is -2.17. The van der Waals surface area contributed by atoms with Crippen LogP contribution in [0.3, 0.4) is 0 Å². The number of rotatable bonds is 1. The molecule has 142 valence electrons. The van der Waals surface area contributed by atoms with E-state index < -0.39 is 12.5 Å². The minimum absolute atomic E-state index is 0.289. The predicted molar refractivity (Wildman–Crippen MR) is 106 cm³/mol. The minimum Gasteiger partial charge on any atom is -0.447 e. The van der Waals surface area contributed by atoms with Gasteiger partial charge in [-0.3, -0.25) is 9.78 Å². The van der Waals surface area contributed by atoms with Crippen molar-refractivity contribution >= 4 is 17.0 Å². The molecule has 6 heteroatoms. The van der Waals surface area contributed by atoms with Gasteiger partial charge in [0.2, 0.25) is 0 Å². The van der Waals surface area contributed by atoms with E-state index in [1.807, 2.05) is 24.5 Å². The molecule has 1 saturated heterocycles. The number of aryl methyl sites for hydroxylation is 1. The molecule has 1 spiro atoms. The van der Waals surface area contributed by atoms with Gasteiger partial charge >= 0.3 is 6.09 Å². The van der Waals surface area contributed by atoms with Crippen molar-refractivity contribution in [2.75, 3.05) is 13.7 Å². The van der Waals surface area contributed by atoms with Gasteiger partial charge in [0.15, 0.2) is 0 Å². The number of likely N-dealkylation sites (N-methyl/N-ethyl adjacent to an activating group) is 1. The first-order valence-electron chi connectivity index (χ1n) is 10.7. The summed E-state index contributed by atoms with van der Waals surface area (Å²) in [6.07, 6.45) is 5.63. The molecule has 1 amide bonds. The van der Waals surface area contributed by atoms with Crippen molar-refractivity contribution in [2.24, 2.45) is 6.98 Å². The van der Waals surface area contributed by atoms with Crippen molar-refractivity contribution in [3.8, 4) is 11.1 Å². The van der Waals surface area contributed by atoms with Crippen LogP contribution in [0.15, 0.2) is 47.5 Å². The van der Waals surface area contributed by atoms with E-state index in [-0.39, 0.29) is 11.6 Å². The van der Waals surface area contributed by atoms with Gasteiger partial charge in [-0.15, -0.1) is 0 Å². The van der Waals surface area contributed by atoms with Gasteiger partial charge in [0, 0.05) is 48.6 Å². The Morgan fingerprint density at radius 2 is 2.11 bits per heavy atom. The maximum atomic E-state index is 12.2. The van der Waals surface area contributed by atoms with Crippen LogP contribution in [-0.2, 0) is 24.6 Å². The van der Waals surface area contributed by atoms with Crippen LogP contribution >= 0.6 is 0 Å². The highest BCUT2D eigenvalue weighted by molar-refractivity contribution is 5.85. The average molecular weight is 378 g/mol. The largest absolute Gasteiger partial charge is 0.447 e. The zero-order valence-corrected chi connectivity index (χ0v) is 15.4. The second-order valence-corrected chi connectivity index (χ2v) is 7.62. The predicted octanol–water partition coefficient (Wildman–Crippen LogP) is 2.91. The van der Waals surface area contributed by atoms with Gasteiger partial charge < -0.3 is 14.2 Å². The lowest BCUT2D eigenvalue weighted by atomic mass is 9.76. The number of hydrogen-bond acceptors (Lipinski definition) is 4. The van der Waals surface area contributed by atoms with Gasteiger partial charge in [-0.05, 0) is 53.1 Å². The Labute approximate surface area is 166 Å². The van der Waals surface area contributed by atoms with Crippen molar-refractivity contribution in [2.45, 2.75) is 24.8 Å². The quantitative estimate of drug-likeness (QED) is 0.653. The maximum absolute atomic E-state index is 12.2. The Morgan fingerprint density at radius 1 is 1.21 bits per heavy atom. The standard InChI is InChI=1S/C22H21N3O3/c1-24-19-5-3-14(9-15(19)4-6-20(24)26)18-12-23-11-16-10-22(8-7-17(16)18)13-28-21(27)25(22)2/h3-6,9,11-12H,7-8,10,13H2,1-2H3/t22-/m0/s1/i1D3. The third-order valence-corrected chi connectivity index (χ3v) is 6.16. The lowest BCUT2D eigenvalue weighted by Crippen LogP contribution is -2.49. The highest BCUT2D eigenvalue weighted by atomic mass is 16.6. The molecule has 0 N–H and O–H groups in total. The highest BCUT2D eigenvalue weighted by Crippen LogP contribution is 2.40. The fourth-order valence-electron chi connectivity index (χ4n) is 4.43. The number of pyridine rings is 2. The maximum Gasteiger partial charge on any atom is 0.410 e. The molecule has 28 heavy (non-hydrogen) atoms. The normalized spacial score (nSPS) is 23.2. The second kappa shape index (κ2) is 5.92. The van der Waals surface area contributed by atoms with Crippen molar-refractivity contribution in [3.63, 3.8) is 0 Å². The summed E-state index contributed by atoms with van der Waals surface area (Å²) in [5, 5.41) is 0.674. The number of fused-ring (bicyclic) bond motifs is 2. The number of aromatic nitrogens is 2. The van der Waals surface area contributed by atoms with E-state index in [9.17, 15) is 9.59 Å². The van der Waals surface area contributed by atoms with Crippen LogP contribution in [0, 0.1) is 0 Å². The molecule has 0 unspecified atom stereocenters. The number of nitrogens with zero attached hydrogens (tertiary/aromatic N) is 3.